The Bertz CT molecular complexity index is 561. The molecule has 0 amide bonds. The van der Waals surface area contributed by atoms with Gasteiger partial charge >= 0.3 is 0 Å². The zero-order valence-electron chi connectivity index (χ0n) is 9.93. The lowest BCUT2D eigenvalue weighted by atomic mass is 9.98. The summed E-state index contributed by atoms with van der Waals surface area (Å²) in [5.41, 5.74) is 0.570. The summed E-state index contributed by atoms with van der Waals surface area (Å²) >= 11 is 0. The third kappa shape index (κ3) is 3.05. The molecule has 1 aromatic carbocycles. The molecule has 0 saturated carbocycles. The topological polar surface area (TPSA) is 63.2 Å². The van der Waals surface area contributed by atoms with Crippen LogP contribution in [0.2, 0.25) is 0 Å². The van der Waals surface area contributed by atoms with E-state index in [1.165, 1.54) is 12.1 Å². The van der Waals surface area contributed by atoms with Crippen LogP contribution >= 0.6 is 0 Å². The Morgan fingerprint density at radius 1 is 1.17 bits per heavy atom. The molecule has 0 unspecified atom stereocenters. The van der Waals surface area contributed by atoms with Gasteiger partial charge < -0.3 is 0 Å². The minimum atomic E-state index is -3.53. The molecule has 4 nitrogen and oxygen atoms in total. The highest BCUT2D eigenvalue weighted by molar-refractivity contribution is 7.89. The second-order valence-electron chi connectivity index (χ2n) is 4.18. The number of hydrogen-bond donors (Lipinski definition) is 1. The zero-order chi connectivity index (χ0) is 13.0. The molecule has 5 heteroatoms. The Morgan fingerprint density at radius 2 is 1.89 bits per heavy atom. The van der Waals surface area contributed by atoms with Gasteiger partial charge in [0.1, 0.15) is 0 Å². The van der Waals surface area contributed by atoms with Gasteiger partial charge in [-0.3, -0.25) is 4.79 Å². The molecule has 0 fully saturated rings. The summed E-state index contributed by atoms with van der Waals surface area (Å²) in [6.07, 6.45) is 4.03. The van der Waals surface area contributed by atoms with Crippen molar-refractivity contribution >= 4 is 15.8 Å². The van der Waals surface area contributed by atoms with E-state index in [9.17, 15) is 13.2 Å². The van der Waals surface area contributed by atoms with Crippen LogP contribution in [-0.2, 0) is 14.8 Å². The number of hydrogen-bond acceptors (Lipinski definition) is 3. The first-order chi connectivity index (χ1) is 8.59. The molecule has 18 heavy (non-hydrogen) atoms. The second-order valence-corrected chi connectivity index (χ2v) is 5.95. The van der Waals surface area contributed by atoms with Crippen molar-refractivity contribution in [2.45, 2.75) is 24.2 Å². The van der Waals surface area contributed by atoms with E-state index in [1.807, 2.05) is 6.08 Å². The van der Waals surface area contributed by atoms with Crippen LogP contribution in [-0.4, -0.2) is 20.7 Å². The molecule has 0 atom stereocenters. The van der Waals surface area contributed by atoms with Gasteiger partial charge in [-0.05, 0) is 25.0 Å². The van der Waals surface area contributed by atoms with Gasteiger partial charge in [-0.15, -0.1) is 0 Å². The van der Waals surface area contributed by atoms with E-state index < -0.39 is 10.0 Å². The second kappa shape index (κ2) is 5.46. The van der Waals surface area contributed by atoms with Crippen LogP contribution in [0.4, 0.5) is 0 Å². The van der Waals surface area contributed by atoms with E-state index in [2.05, 4.69) is 4.72 Å². The first-order valence-corrected chi connectivity index (χ1v) is 7.35. The van der Waals surface area contributed by atoms with Crippen molar-refractivity contribution in [2.75, 3.05) is 6.54 Å². The van der Waals surface area contributed by atoms with Crippen molar-refractivity contribution in [1.29, 1.82) is 0 Å². The lowest BCUT2D eigenvalue weighted by Gasteiger charge is -2.12. The summed E-state index contributed by atoms with van der Waals surface area (Å²) < 4.78 is 26.3. The summed E-state index contributed by atoms with van der Waals surface area (Å²) in [6, 6.07) is 8.14. The quantitative estimate of drug-likeness (QED) is 0.900. The summed E-state index contributed by atoms with van der Waals surface area (Å²) in [7, 11) is -3.53. The molecule has 96 valence electrons. The van der Waals surface area contributed by atoms with Crippen molar-refractivity contribution in [3.63, 3.8) is 0 Å². The SMILES string of the molecule is O=C1CCCC=C1CNS(=O)(=O)c1ccccc1. The highest BCUT2D eigenvalue weighted by Gasteiger charge is 2.17. The molecule has 1 aliphatic rings. The Kier molecular flexibility index (Phi) is 3.93. The first-order valence-electron chi connectivity index (χ1n) is 5.86. The fourth-order valence-electron chi connectivity index (χ4n) is 1.84. The summed E-state index contributed by atoms with van der Waals surface area (Å²) in [4.78, 5) is 11.8. The van der Waals surface area contributed by atoms with Gasteiger partial charge in [-0.25, -0.2) is 13.1 Å². The number of carbonyl (C=O) groups excluding carboxylic acids is 1. The van der Waals surface area contributed by atoms with Gasteiger partial charge in [0.15, 0.2) is 5.78 Å². The van der Waals surface area contributed by atoms with Crippen LogP contribution in [0.25, 0.3) is 0 Å². The number of carbonyl (C=O) groups is 1. The number of nitrogens with one attached hydrogen (secondary N) is 1. The van der Waals surface area contributed by atoms with Crippen LogP contribution in [0.1, 0.15) is 19.3 Å². The predicted octanol–water partition coefficient (Wildman–Crippen LogP) is 1.64. The zero-order valence-corrected chi connectivity index (χ0v) is 10.7. The summed E-state index contributed by atoms with van der Waals surface area (Å²) in [6.45, 7) is 0.0794. The molecule has 2 rings (SSSR count). The van der Waals surface area contributed by atoms with Gasteiger partial charge in [0.25, 0.3) is 0 Å². The normalized spacial score (nSPS) is 16.4. The molecule has 0 spiro atoms. The predicted molar refractivity (Wildman–Crippen MR) is 68.6 cm³/mol. The highest BCUT2D eigenvalue weighted by Crippen LogP contribution is 2.14. The molecule has 0 bridgehead atoms. The smallest absolute Gasteiger partial charge is 0.240 e. The molecule has 0 aromatic heterocycles. The standard InChI is InChI=1S/C13H15NO3S/c15-13-9-5-4-6-11(13)10-14-18(16,17)12-7-2-1-3-8-12/h1-3,6-8,14H,4-5,9-10H2. The van der Waals surface area contributed by atoms with E-state index in [4.69, 9.17) is 0 Å². The maximum absolute atomic E-state index is 11.9. The fraction of sp³-hybridized carbons (Fsp3) is 0.308. The average Bonchev–Trinajstić information content (AvgIpc) is 2.39. The molecule has 1 aliphatic carbocycles. The molecule has 0 aliphatic heterocycles. The van der Waals surface area contributed by atoms with E-state index in [0.717, 1.165) is 12.8 Å². The van der Waals surface area contributed by atoms with Gasteiger partial charge in [0.05, 0.1) is 4.90 Å². The van der Waals surface area contributed by atoms with Crippen molar-refractivity contribution in [3.8, 4) is 0 Å². The van der Waals surface area contributed by atoms with Crippen molar-refractivity contribution in [3.05, 3.63) is 42.0 Å². The molecule has 0 heterocycles. The molecule has 1 N–H and O–H groups in total. The molecule has 0 saturated heterocycles. The van der Waals surface area contributed by atoms with E-state index in [0.29, 0.717) is 12.0 Å². The molecular weight excluding hydrogens is 250 g/mol. The largest absolute Gasteiger partial charge is 0.295 e. The summed E-state index contributed by atoms with van der Waals surface area (Å²) in [5, 5.41) is 0. The fourth-order valence-corrected chi connectivity index (χ4v) is 2.87. The minimum absolute atomic E-state index is 0.0389. The van der Waals surface area contributed by atoms with Gasteiger partial charge in [-0.1, -0.05) is 24.3 Å². The average molecular weight is 265 g/mol. The monoisotopic (exact) mass is 265 g/mol. The van der Waals surface area contributed by atoms with Crippen molar-refractivity contribution < 1.29 is 13.2 Å². The Labute approximate surface area is 107 Å². The van der Waals surface area contributed by atoms with Crippen molar-refractivity contribution in [1.82, 2.24) is 4.72 Å². The summed E-state index contributed by atoms with van der Waals surface area (Å²) in [5.74, 6) is 0.0389. The Hall–Kier alpha value is -1.46. The van der Waals surface area contributed by atoms with E-state index in [1.54, 1.807) is 18.2 Å². The lowest BCUT2D eigenvalue weighted by Crippen LogP contribution is -2.28. The first kappa shape index (κ1) is 13.0. The van der Waals surface area contributed by atoms with E-state index >= 15 is 0 Å². The maximum atomic E-state index is 11.9. The molecule has 1 aromatic rings. The number of sulfonamides is 1. The van der Waals surface area contributed by atoms with E-state index in [-0.39, 0.29) is 17.2 Å². The van der Waals surface area contributed by atoms with Crippen LogP contribution in [0, 0.1) is 0 Å². The van der Waals surface area contributed by atoms with Crippen LogP contribution in [0.5, 0.6) is 0 Å². The third-order valence-electron chi connectivity index (χ3n) is 2.86. The number of ketones is 1. The highest BCUT2D eigenvalue weighted by atomic mass is 32.2. The Morgan fingerprint density at radius 3 is 2.56 bits per heavy atom. The van der Waals surface area contributed by atoms with Gasteiger partial charge in [0.2, 0.25) is 10.0 Å². The van der Waals surface area contributed by atoms with Crippen LogP contribution < -0.4 is 4.72 Å². The van der Waals surface area contributed by atoms with Crippen LogP contribution in [0.3, 0.4) is 0 Å². The maximum Gasteiger partial charge on any atom is 0.240 e. The molecular formula is C13H15NO3S. The third-order valence-corrected chi connectivity index (χ3v) is 4.28. The lowest BCUT2D eigenvalue weighted by molar-refractivity contribution is -0.116. The number of benzene rings is 1. The van der Waals surface area contributed by atoms with Crippen molar-refractivity contribution in [2.24, 2.45) is 0 Å². The number of rotatable bonds is 4. The minimum Gasteiger partial charge on any atom is -0.295 e. The Balaban J connectivity index is 2.06. The van der Waals surface area contributed by atoms with Gasteiger partial charge in [0, 0.05) is 18.5 Å². The number of allylic oxidation sites excluding steroid dienone is 1. The molecule has 0 radical (unpaired) electrons. The number of Topliss-reactive ketones (excluding diaryl/α,β-unsaturated/α-hetero) is 1. The van der Waals surface area contributed by atoms with Gasteiger partial charge in [-0.2, -0.15) is 0 Å². The van der Waals surface area contributed by atoms with Crippen LogP contribution in [0.15, 0.2) is 46.9 Å².